The van der Waals surface area contributed by atoms with Gasteiger partial charge in [0.15, 0.2) is 0 Å². The van der Waals surface area contributed by atoms with Crippen LogP contribution in [-0.4, -0.2) is 16.5 Å². The van der Waals surface area contributed by atoms with Gasteiger partial charge >= 0.3 is 0 Å². The molecule has 60 heavy (non-hydrogen) atoms. The maximum Gasteiger partial charge on any atom is 0.230 e. The van der Waals surface area contributed by atoms with Crippen LogP contribution in [0.3, 0.4) is 0 Å². The molecule has 0 radical (unpaired) electrons. The lowest BCUT2D eigenvalue weighted by Gasteiger charge is -2.30. The Morgan fingerprint density at radius 1 is 0.750 bits per heavy atom. The summed E-state index contributed by atoms with van der Waals surface area (Å²) in [6.07, 6.45) is 16.8. The zero-order valence-corrected chi connectivity index (χ0v) is 35.7. The first-order valence-electron chi connectivity index (χ1n) is 21.8. The lowest BCUT2D eigenvalue weighted by molar-refractivity contribution is 0.548. The van der Waals surface area contributed by atoms with Crippen molar-refractivity contribution in [2.45, 2.75) is 78.1 Å². The van der Waals surface area contributed by atoms with E-state index < -0.39 is 0 Å². The molecule has 0 spiro atoms. The Kier molecular flexibility index (Phi) is 12.3. The summed E-state index contributed by atoms with van der Waals surface area (Å²) in [4.78, 5) is 13.3. The van der Waals surface area contributed by atoms with Crippen molar-refractivity contribution < 1.29 is 0 Å². The Morgan fingerprint density at radius 3 is 2.22 bits per heavy atom. The van der Waals surface area contributed by atoms with Crippen LogP contribution >= 0.6 is 0 Å². The van der Waals surface area contributed by atoms with E-state index in [4.69, 9.17) is 16.5 Å². The molecule has 1 atom stereocenters. The number of benzene rings is 5. The Morgan fingerprint density at radius 2 is 1.43 bits per heavy atom. The van der Waals surface area contributed by atoms with Crippen molar-refractivity contribution >= 4 is 33.2 Å². The number of hydrogen-bond acceptors (Lipinski definition) is 3. The first kappa shape index (κ1) is 40.5. The smallest absolute Gasteiger partial charge is 0.230 e. The fourth-order valence-corrected chi connectivity index (χ4v) is 9.36. The van der Waals surface area contributed by atoms with E-state index in [0.717, 1.165) is 91.6 Å². The summed E-state index contributed by atoms with van der Waals surface area (Å²) >= 11 is 0. The highest BCUT2D eigenvalue weighted by Gasteiger charge is 2.28. The first-order chi connectivity index (χ1) is 29.4. The summed E-state index contributed by atoms with van der Waals surface area (Å²) in [6.45, 7) is 20.6. The zero-order valence-electron chi connectivity index (χ0n) is 35.7. The number of anilines is 1. The lowest BCUT2D eigenvalue weighted by Crippen LogP contribution is -2.28. The maximum absolute atomic E-state index is 5.51. The highest BCUT2D eigenvalue weighted by atomic mass is 15.3. The molecule has 0 fully saturated rings. The molecule has 5 aromatic carbocycles. The molecule has 1 aromatic heterocycles. The second kappa shape index (κ2) is 18.3. The third kappa shape index (κ3) is 8.27. The van der Waals surface area contributed by atoms with E-state index in [0.29, 0.717) is 5.92 Å². The molecule has 2 aliphatic rings. The Bertz CT molecular complexity index is 2720. The summed E-state index contributed by atoms with van der Waals surface area (Å²) in [5.74, 6) is 1.08. The van der Waals surface area contributed by atoms with Gasteiger partial charge in [-0.05, 0) is 138 Å². The van der Waals surface area contributed by atoms with E-state index in [2.05, 4.69) is 166 Å². The molecule has 2 heterocycles. The van der Waals surface area contributed by atoms with Crippen molar-refractivity contribution in [3.63, 3.8) is 0 Å². The van der Waals surface area contributed by atoms with E-state index in [-0.39, 0.29) is 0 Å². The Balaban J connectivity index is 1.17. The summed E-state index contributed by atoms with van der Waals surface area (Å²) in [5.41, 5.74) is 16.9. The number of nitrogens with zero attached hydrogens (tertiary/aromatic N) is 3. The van der Waals surface area contributed by atoms with Gasteiger partial charge in [0.25, 0.3) is 0 Å². The van der Waals surface area contributed by atoms with Crippen molar-refractivity contribution in [1.29, 1.82) is 0 Å². The summed E-state index contributed by atoms with van der Waals surface area (Å²) in [7, 11) is 0. The third-order valence-electron chi connectivity index (χ3n) is 12.7. The van der Waals surface area contributed by atoms with Gasteiger partial charge in [0, 0.05) is 28.8 Å². The molecular weight excluding hydrogens is 727 g/mol. The fourth-order valence-electron chi connectivity index (χ4n) is 9.36. The topological polar surface area (TPSA) is 29.0 Å². The molecule has 0 unspecified atom stereocenters. The third-order valence-corrected chi connectivity index (χ3v) is 12.7. The van der Waals surface area contributed by atoms with Gasteiger partial charge in [-0.3, -0.25) is 0 Å². The summed E-state index contributed by atoms with van der Waals surface area (Å²) in [5, 5.41) is 3.55. The molecule has 0 amide bonds. The van der Waals surface area contributed by atoms with E-state index in [1.54, 1.807) is 0 Å². The van der Waals surface area contributed by atoms with Crippen LogP contribution in [0.1, 0.15) is 89.2 Å². The Labute approximate surface area is 357 Å². The van der Waals surface area contributed by atoms with Crippen molar-refractivity contribution in [3.05, 3.63) is 204 Å². The van der Waals surface area contributed by atoms with Crippen molar-refractivity contribution in [2.75, 3.05) is 11.4 Å². The molecule has 0 N–H and O–H groups in total. The van der Waals surface area contributed by atoms with Gasteiger partial charge in [0.05, 0.1) is 11.2 Å². The number of rotatable bonds is 12. The molecule has 3 heteroatoms. The molecule has 1 aliphatic carbocycles. The number of fused-ring (bicyclic) bond motifs is 3. The van der Waals surface area contributed by atoms with Gasteiger partial charge in [-0.1, -0.05) is 161 Å². The van der Waals surface area contributed by atoms with Gasteiger partial charge < -0.3 is 4.90 Å². The van der Waals surface area contributed by atoms with Crippen LogP contribution in [0.15, 0.2) is 193 Å². The van der Waals surface area contributed by atoms with Crippen LogP contribution in [0.25, 0.3) is 49.6 Å². The van der Waals surface area contributed by atoms with Crippen LogP contribution in [-0.2, 0) is 0 Å². The average Bonchev–Trinajstić information content (AvgIpc) is 3.35. The number of allylic oxidation sites excluding steroid dienone is 11. The van der Waals surface area contributed by atoms with E-state index in [1.165, 1.54) is 66.6 Å². The fraction of sp³-hybridized carbons (Fsp3) is 0.228. The lowest BCUT2D eigenvalue weighted by atomic mass is 9.82. The van der Waals surface area contributed by atoms with Crippen molar-refractivity contribution in [2.24, 2.45) is 0 Å². The minimum Gasteiger partial charge on any atom is -0.314 e. The van der Waals surface area contributed by atoms with Crippen molar-refractivity contribution in [1.82, 2.24) is 9.97 Å². The molecule has 0 bridgehead atoms. The molecule has 6 aromatic rings. The van der Waals surface area contributed by atoms with Crippen LogP contribution in [0.5, 0.6) is 0 Å². The Hall–Kier alpha value is -6.32. The van der Waals surface area contributed by atoms with Crippen molar-refractivity contribution in [3.8, 4) is 22.4 Å². The predicted molar refractivity (Wildman–Crippen MR) is 258 cm³/mol. The molecule has 0 saturated carbocycles. The highest BCUT2D eigenvalue weighted by Crippen LogP contribution is 2.42. The predicted octanol–water partition coefficient (Wildman–Crippen LogP) is 15.7. The van der Waals surface area contributed by atoms with Gasteiger partial charge in [0.1, 0.15) is 0 Å². The molecular formula is C57H57N3. The monoisotopic (exact) mass is 783 g/mol. The van der Waals surface area contributed by atoms with E-state index in [1.807, 2.05) is 12.2 Å². The number of para-hydroxylation sites is 1. The molecule has 8 rings (SSSR count). The SMILES string of the molecule is C=C/C(C)=C(CCC)/C(CCC[C@H]1CCN(c2nc(-c3ccc(-c4ccc5ccccc5c4)cc3)c3ccccc3n2)C2=C(C=CCC2)C(=C)c2ccccc21)=C(\C)C=C. The first-order valence-corrected chi connectivity index (χ1v) is 21.8. The highest BCUT2D eigenvalue weighted by molar-refractivity contribution is 5.94. The second-order valence-electron chi connectivity index (χ2n) is 16.4. The van der Waals surface area contributed by atoms with Gasteiger partial charge in [-0.25, -0.2) is 9.97 Å². The van der Waals surface area contributed by atoms with Crippen LogP contribution in [0.4, 0.5) is 5.95 Å². The molecule has 3 nitrogen and oxygen atoms in total. The van der Waals surface area contributed by atoms with Gasteiger partial charge in [-0.15, -0.1) is 0 Å². The van der Waals surface area contributed by atoms with Crippen LogP contribution < -0.4 is 4.90 Å². The number of aromatic nitrogens is 2. The summed E-state index contributed by atoms with van der Waals surface area (Å²) in [6, 6.07) is 41.6. The summed E-state index contributed by atoms with van der Waals surface area (Å²) < 4.78 is 0. The molecule has 1 aliphatic heterocycles. The minimum atomic E-state index is 0.331. The van der Waals surface area contributed by atoms with Crippen LogP contribution in [0, 0.1) is 0 Å². The standard InChI is InChI=1S/C57H57N3/c1-7-19-48(39(4)8-2)49(40(5)9-3)27-18-22-44-36-37-60(55-29-17-15-24-51(55)41(6)50-23-12-13-25-52(44)50)57-58-54-28-16-14-26-53(54)56(59-57)45-33-30-43(31-34-45)47-35-32-42-20-10-11-21-46(42)38-47/h8-16,20-21,23-26,28,30-35,38,44H,2-3,6-7,17-19,22,27,29,36-37H2,1,4-5H3/b48-39+,49-40+/t44-/m0/s1. The average molecular weight is 784 g/mol. The largest absolute Gasteiger partial charge is 0.314 e. The second-order valence-corrected chi connectivity index (χ2v) is 16.4. The van der Waals surface area contributed by atoms with Gasteiger partial charge in [0.2, 0.25) is 5.95 Å². The zero-order chi connectivity index (χ0) is 41.6. The molecule has 0 saturated heterocycles. The van der Waals surface area contributed by atoms with Gasteiger partial charge in [-0.2, -0.15) is 0 Å². The maximum atomic E-state index is 5.51. The quantitative estimate of drug-likeness (QED) is 0.116. The van der Waals surface area contributed by atoms with E-state index >= 15 is 0 Å². The number of hydrogen-bond donors (Lipinski definition) is 0. The molecule has 300 valence electrons. The van der Waals surface area contributed by atoms with E-state index in [9.17, 15) is 0 Å². The minimum absolute atomic E-state index is 0.331. The normalized spacial score (nSPS) is 16.4. The van der Waals surface area contributed by atoms with Crippen LogP contribution in [0.2, 0.25) is 0 Å².